The summed E-state index contributed by atoms with van der Waals surface area (Å²) in [6.45, 7) is 1.90. The van der Waals surface area contributed by atoms with E-state index < -0.39 is 0 Å². The average Bonchev–Trinajstić information content (AvgIpc) is 3.26. The van der Waals surface area contributed by atoms with Gasteiger partial charge in [-0.3, -0.25) is 9.59 Å². The lowest BCUT2D eigenvalue weighted by Gasteiger charge is -2.17. The van der Waals surface area contributed by atoms with E-state index in [-0.39, 0.29) is 17.9 Å². The molecular formula is C18H28N4O3. The third-order valence-corrected chi connectivity index (χ3v) is 5.04. The number of carbonyl (C=O) groups is 2. The van der Waals surface area contributed by atoms with Gasteiger partial charge in [0.25, 0.3) is 11.8 Å². The maximum Gasteiger partial charge on any atom is 0.287 e. The lowest BCUT2D eigenvalue weighted by molar-refractivity contribution is 0.0930. The van der Waals surface area contributed by atoms with E-state index in [2.05, 4.69) is 15.6 Å². The molecule has 0 radical (unpaired) electrons. The Bertz CT molecular complexity index is 620. The molecule has 1 aromatic heterocycles. The highest BCUT2D eigenvalue weighted by Gasteiger charge is 2.28. The second kappa shape index (κ2) is 8.47. The van der Waals surface area contributed by atoms with Crippen LogP contribution in [0.4, 0.5) is 0 Å². The first-order chi connectivity index (χ1) is 12.2. The molecule has 1 aromatic rings. The Morgan fingerprint density at radius 3 is 2.76 bits per heavy atom. The molecule has 2 aliphatic rings. The molecule has 1 aliphatic carbocycles. The van der Waals surface area contributed by atoms with Crippen molar-refractivity contribution in [2.45, 2.75) is 64.0 Å². The van der Waals surface area contributed by atoms with Crippen molar-refractivity contribution in [1.29, 1.82) is 0 Å². The van der Waals surface area contributed by atoms with Gasteiger partial charge in [-0.05, 0) is 38.5 Å². The Labute approximate surface area is 148 Å². The molecule has 2 N–H and O–H groups in total. The van der Waals surface area contributed by atoms with Crippen molar-refractivity contribution in [3.05, 3.63) is 17.2 Å². The van der Waals surface area contributed by atoms with Gasteiger partial charge in [0.1, 0.15) is 5.69 Å². The maximum absolute atomic E-state index is 12.7. The minimum Gasteiger partial charge on any atom is -0.385 e. The van der Waals surface area contributed by atoms with E-state index in [1.807, 2.05) is 4.57 Å². The van der Waals surface area contributed by atoms with Crippen molar-refractivity contribution >= 4 is 11.8 Å². The van der Waals surface area contributed by atoms with Gasteiger partial charge in [-0.2, -0.15) is 0 Å². The van der Waals surface area contributed by atoms with Crippen molar-refractivity contribution in [1.82, 2.24) is 20.2 Å². The number of ether oxygens (including phenoxy) is 1. The molecule has 3 rings (SSSR count). The number of rotatable bonds is 7. The summed E-state index contributed by atoms with van der Waals surface area (Å²) in [6, 6.07) is 0.250. The number of nitrogens with zero attached hydrogens (tertiary/aromatic N) is 2. The molecule has 25 heavy (non-hydrogen) atoms. The van der Waals surface area contributed by atoms with Crippen LogP contribution in [0.25, 0.3) is 0 Å². The number of nitrogens with one attached hydrogen (secondary N) is 2. The molecule has 0 unspecified atom stereocenters. The van der Waals surface area contributed by atoms with Gasteiger partial charge < -0.3 is 19.9 Å². The van der Waals surface area contributed by atoms with E-state index in [0.717, 1.165) is 50.8 Å². The normalized spacial score (nSPS) is 17.3. The van der Waals surface area contributed by atoms with Gasteiger partial charge in [0.05, 0.1) is 5.69 Å². The van der Waals surface area contributed by atoms with Gasteiger partial charge >= 0.3 is 0 Å². The van der Waals surface area contributed by atoms with Crippen molar-refractivity contribution < 1.29 is 14.3 Å². The highest BCUT2D eigenvalue weighted by molar-refractivity contribution is 5.97. The summed E-state index contributed by atoms with van der Waals surface area (Å²) in [5, 5.41) is 5.97. The second-order valence-corrected chi connectivity index (χ2v) is 6.90. The molecule has 138 valence electrons. The average molecular weight is 348 g/mol. The molecule has 1 saturated carbocycles. The first kappa shape index (κ1) is 17.9. The monoisotopic (exact) mass is 348 g/mol. The molecule has 7 heteroatoms. The highest BCUT2D eigenvalue weighted by atomic mass is 16.5. The molecule has 1 fully saturated rings. The molecular weight excluding hydrogens is 320 g/mol. The summed E-state index contributed by atoms with van der Waals surface area (Å²) >= 11 is 0. The molecule has 0 aromatic carbocycles. The van der Waals surface area contributed by atoms with Crippen molar-refractivity contribution in [2.75, 3.05) is 20.3 Å². The lowest BCUT2D eigenvalue weighted by atomic mass is 10.1. The highest BCUT2D eigenvalue weighted by Crippen LogP contribution is 2.23. The van der Waals surface area contributed by atoms with Crippen molar-refractivity contribution in [3.8, 4) is 0 Å². The summed E-state index contributed by atoms with van der Waals surface area (Å²) in [4.78, 5) is 29.6. The van der Waals surface area contributed by atoms with Crippen molar-refractivity contribution in [3.63, 3.8) is 0 Å². The van der Waals surface area contributed by atoms with Gasteiger partial charge in [-0.1, -0.05) is 12.8 Å². The van der Waals surface area contributed by atoms with Crippen LogP contribution in [0.15, 0.2) is 0 Å². The van der Waals surface area contributed by atoms with E-state index in [1.165, 1.54) is 12.8 Å². The third kappa shape index (κ3) is 4.21. The number of imidazole rings is 1. The predicted molar refractivity (Wildman–Crippen MR) is 93.7 cm³/mol. The largest absolute Gasteiger partial charge is 0.385 e. The summed E-state index contributed by atoms with van der Waals surface area (Å²) in [6.07, 6.45) is 8.01. The van der Waals surface area contributed by atoms with E-state index >= 15 is 0 Å². The summed E-state index contributed by atoms with van der Waals surface area (Å²) < 4.78 is 6.92. The summed E-state index contributed by atoms with van der Waals surface area (Å²) in [7, 11) is 1.64. The number of carbonyl (C=O) groups excluding carboxylic acids is 2. The van der Waals surface area contributed by atoms with Crippen LogP contribution in [-0.2, 0) is 17.7 Å². The smallest absolute Gasteiger partial charge is 0.287 e. The Balaban J connectivity index is 1.73. The zero-order chi connectivity index (χ0) is 17.6. The van der Waals surface area contributed by atoms with Crippen LogP contribution in [0.5, 0.6) is 0 Å². The van der Waals surface area contributed by atoms with Crippen LogP contribution in [0.3, 0.4) is 0 Å². The molecule has 0 saturated heterocycles. The number of hydrogen-bond acceptors (Lipinski definition) is 4. The Morgan fingerprint density at radius 2 is 2.00 bits per heavy atom. The minimum atomic E-state index is -0.209. The molecule has 0 bridgehead atoms. The standard InChI is InChI=1S/C18H28N4O3/c1-25-12-6-10-19-18(24)16-21-15(14-9-4-5-11-22(14)16)17(23)20-13-7-2-3-8-13/h13H,2-12H2,1H3,(H,19,24)(H,20,23). The van der Waals surface area contributed by atoms with Gasteiger partial charge in [-0.15, -0.1) is 0 Å². The van der Waals surface area contributed by atoms with Crippen molar-refractivity contribution in [2.24, 2.45) is 0 Å². The maximum atomic E-state index is 12.7. The molecule has 0 spiro atoms. The van der Waals surface area contributed by atoms with Gasteiger partial charge in [0.15, 0.2) is 5.82 Å². The van der Waals surface area contributed by atoms with Crippen LogP contribution in [0, 0.1) is 0 Å². The van der Waals surface area contributed by atoms with E-state index in [0.29, 0.717) is 24.7 Å². The van der Waals surface area contributed by atoms with Crippen LogP contribution >= 0.6 is 0 Å². The molecule has 0 atom stereocenters. The Kier molecular flexibility index (Phi) is 6.07. The van der Waals surface area contributed by atoms with Gasteiger partial charge in [0, 0.05) is 32.8 Å². The quantitative estimate of drug-likeness (QED) is 0.734. The first-order valence-electron chi connectivity index (χ1n) is 9.38. The molecule has 1 aliphatic heterocycles. The van der Waals surface area contributed by atoms with Crippen LogP contribution in [0.2, 0.25) is 0 Å². The summed E-state index contributed by atoms with van der Waals surface area (Å²) in [5.74, 6) is 0.0267. The fourth-order valence-corrected chi connectivity index (χ4v) is 3.72. The van der Waals surface area contributed by atoms with E-state index in [4.69, 9.17) is 4.74 Å². The number of fused-ring (bicyclic) bond motifs is 1. The van der Waals surface area contributed by atoms with E-state index in [1.54, 1.807) is 7.11 Å². The Hall–Kier alpha value is -1.89. The van der Waals surface area contributed by atoms with E-state index in [9.17, 15) is 9.59 Å². The minimum absolute atomic E-state index is 0.129. The zero-order valence-electron chi connectivity index (χ0n) is 15.0. The Morgan fingerprint density at radius 1 is 1.20 bits per heavy atom. The van der Waals surface area contributed by atoms with Gasteiger partial charge in [-0.25, -0.2) is 4.98 Å². The number of hydrogen-bond donors (Lipinski definition) is 2. The third-order valence-electron chi connectivity index (χ3n) is 5.04. The summed E-state index contributed by atoms with van der Waals surface area (Å²) in [5.41, 5.74) is 1.34. The van der Waals surface area contributed by atoms with Crippen LogP contribution in [0.1, 0.15) is 71.7 Å². The number of amides is 2. The van der Waals surface area contributed by atoms with Crippen LogP contribution < -0.4 is 10.6 Å². The zero-order valence-corrected chi connectivity index (χ0v) is 15.0. The molecule has 7 nitrogen and oxygen atoms in total. The SMILES string of the molecule is COCCCNC(=O)c1nc(C(=O)NC2CCCC2)c2n1CCCC2. The van der Waals surface area contributed by atoms with Gasteiger partial charge in [0.2, 0.25) is 0 Å². The fourth-order valence-electron chi connectivity index (χ4n) is 3.72. The number of methoxy groups -OCH3 is 1. The first-order valence-corrected chi connectivity index (χ1v) is 9.38. The molecule has 2 amide bonds. The van der Waals surface area contributed by atoms with Crippen LogP contribution in [-0.4, -0.2) is 47.7 Å². The number of aromatic nitrogens is 2. The fraction of sp³-hybridized carbons (Fsp3) is 0.722. The predicted octanol–water partition coefficient (Wildman–Crippen LogP) is 1.66. The topological polar surface area (TPSA) is 85.2 Å². The molecule has 2 heterocycles. The second-order valence-electron chi connectivity index (χ2n) is 6.90. The lowest BCUT2D eigenvalue weighted by Crippen LogP contribution is -2.33.